The third-order valence-corrected chi connectivity index (χ3v) is 2.05. The molecule has 0 saturated heterocycles. The van der Waals surface area contributed by atoms with Crippen LogP contribution < -0.4 is 11.5 Å². The second kappa shape index (κ2) is 8.97. The van der Waals surface area contributed by atoms with E-state index in [0.717, 1.165) is 25.7 Å². The lowest BCUT2D eigenvalue weighted by molar-refractivity contribution is -0.143. The van der Waals surface area contributed by atoms with E-state index in [4.69, 9.17) is 16.2 Å². The summed E-state index contributed by atoms with van der Waals surface area (Å²) in [4.78, 5) is 10.8. The van der Waals surface area contributed by atoms with Crippen LogP contribution in [-0.4, -0.2) is 25.2 Å². The molecule has 4 nitrogen and oxygen atoms in total. The van der Waals surface area contributed by atoms with Gasteiger partial charge in [-0.05, 0) is 32.2 Å². The number of rotatable bonds is 8. The normalized spacial score (nSPS) is 12.5. The van der Waals surface area contributed by atoms with E-state index in [9.17, 15) is 4.79 Å². The Hall–Kier alpha value is -0.610. The molecule has 4 N–H and O–H groups in total. The van der Waals surface area contributed by atoms with Crippen LogP contribution in [0.2, 0.25) is 0 Å². The molecule has 0 aliphatic rings. The number of carbonyl (C=O) groups excluding carboxylic acids is 1. The van der Waals surface area contributed by atoms with Gasteiger partial charge in [-0.2, -0.15) is 0 Å². The lowest BCUT2D eigenvalue weighted by Crippen LogP contribution is -2.21. The Morgan fingerprint density at radius 1 is 1.36 bits per heavy atom. The van der Waals surface area contributed by atoms with Crippen LogP contribution in [-0.2, 0) is 9.53 Å². The van der Waals surface area contributed by atoms with Crippen molar-refractivity contribution in [1.29, 1.82) is 0 Å². The fraction of sp³-hybridized carbons (Fsp3) is 0.900. The van der Waals surface area contributed by atoms with Gasteiger partial charge >= 0.3 is 5.97 Å². The van der Waals surface area contributed by atoms with Crippen LogP contribution in [0.1, 0.15) is 39.0 Å². The predicted octanol–water partition coefficient (Wildman–Crippen LogP) is 0.786. The van der Waals surface area contributed by atoms with E-state index in [0.29, 0.717) is 19.6 Å². The second-order valence-corrected chi connectivity index (χ2v) is 3.41. The minimum Gasteiger partial charge on any atom is -0.466 e. The van der Waals surface area contributed by atoms with Gasteiger partial charge in [0.05, 0.1) is 6.61 Å². The zero-order valence-electron chi connectivity index (χ0n) is 9.00. The summed E-state index contributed by atoms with van der Waals surface area (Å²) in [5.41, 5.74) is 11.2. The van der Waals surface area contributed by atoms with Crippen LogP contribution in [0.15, 0.2) is 0 Å². The van der Waals surface area contributed by atoms with Crippen molar-refractivity contribution in [2.75, 3.05) is 13.2 Å². The number of hydrogen-bond donors (Lipinski definition) is 2. The Balaban J connectivity index is 3.22. The molecule has 84 valence electrons. The second-order valence-electron chi connectivity index (χ2n) is 3.41. The molecule has 0 aliphatic heterocycles. The highest BCUT2D eigenvalue weighted by Crippen LogP contribution is 2.02. The monoisotopic (exact) mass is 202 g/mol. The average molecular weight is 202 g/mol. The molecule has 0 aromatic heterocycles. The quantitative estimate of drug-likeness (QED) is 0.450. The molecular weight excluding hydrogens is 180 g/mol. The smallest absolute Gasteiger partial charge is 0.305 e. The third-order valence-electron chi connectivity index (χ3n) is 2.05. The van der Waals surface area contributed by atoms with Crippen molar-refractivity contribution in [3.8, 4) is 0 Å². The fourth-order valence-electron chi connectivity index (χ4n) is 1.16. The Morgan fingerprint density at radius 3 is 2.57 bits per heavy atom. The van der Waals surface area contributed by atoms with Gasteiger partial charge in [0, 0.05) is 12.5 Å². The minimum absolute atomic E-state index is 0.138. The van der Waals surface area contributed by atoms with Crippen molar-refractivity contribution in [1.82, 2.24) is 0 Å². The molecule has 0 amide bonds. The first-order valence-electron chi connectivity index (χ1n) is 5.32. The predicted molar refractivity (Wildman–Crippen MR) is 56.7 cm³/mol. The highest BCUT2D eigenvalue weighted by molar-refractivity contribution is 5.68. The average Bonchev–Trinajstić information content (AvgIpc) is 2.21. The highest BCUT2D eigenvalue weighted by Gasteiger charge is 2.02. The third kappa shape index (κ3) is 8.01. The maximum atomic E-state index is 10.8. The zero-order chi connectivity index (χ0) is 10.8. The van der Waals surface area contributed by atoms with Crippen LogP contribution in [0.25, 0.3) is 0 Å². The molecule has 0 rings (SSSR count). The summed E-state index contributed by atoms with van der Waals surface area (Å²) in [6.07, 6.45) is 4.11. The van der Waals surface area contributed by atoms with Gasteiger partial charge in [0.15, 0.2) is 0 Å². The van der Waals surface area contributed by atoms with E-state index in [2.05, 4.69) is 0 Å². The Bertz CT molecular complexity index is 151. The molecule has 1 atom stereocenters. The number of nitrogens with two attached hydrogens (primary N) is 2. The molecule has 0 aliphatic carbocycles. The summed E-state index contributed by atoms with van der Waals surface area (Å²) in [6, 6.07) is 0.193. The molecule has 0 bridgehead atoms. The topological polar surface area (TPSA) is 78.3 Å². The van der Waals surface area contributed by atoms with E-state index >= 15 is 0 Å². The summed E-state index contributed by atoms with van der Waals surface area (Å²) in [6.45, 7) is 2.97. The summed E-state index contributed by atoms with van der Waals surface area (Å²) in [5.74, 6) is -0.138. The van der Waals surface area contributed by atoms with E-state index in [1.807, 2.05) is 0 Å². The Kier molecular flexibility index (Phi) is 8.57. The van der Waals surface area contributed by atoms with Crippen LogP contribution in [0.3, 0.4) is 0 Å². The lowest BCUT2D eigenvalue weighted by Gasteiger charge is -2.10. The largest absolute Gasteiger partial charge is 0.466 e. The van der Waals surface area contributed by atoms with Gasteiger partial charge < -0.3 is 16.2 Å². The SMILES string of the molecule is CCC(=O)OCCCC(N)CCCN. The van der Waals surface area contributed by atoms with Crippen LogP contribution in [0.5, 0.6) is 0 Å². The summed E-state index contributed by atoms with van der Waals surface area (Å²) in [5, 5.41) is 0. The minimum atomic E-state index is -0.138. The molecule has 14 heavy (non-hydrogen) atoms. The zero-order valence-corrected chi connectivity index (χ0v) is 9.00. The molecule has 0 spiro atoms. The van der Waals surface area contributed by atoms with E-state index in [1.54, 1.807) is 6.92 Å². The van der Waals surface area contributed by atoms with Gasteiger partial charge in [0.25, 0.3) is 0 Å². The van der Waals surface area contributed by atoms with E-state index in [-0.39, 0.29) is 12.0 Å². The molecule has 4 heteroatoms. The molecule has 0 radical (unpaired) electrons. The van der Waals surface area contributed by atoms with Crippen molar-refractivity contribution in [3.63, 3.8) is 0 Å². The van der Waals surface area contributed by atoms with Gasteiger partial charge in [-0.1, -0.05) is 6.92 Å². The van der Waals surface area contributed by atoms with Gasteiger partial charge in [-0.25, -0.2) is 0 Å². The van der Waals surface area contributed by atoms with Crippen LogP contribution in [0.4, 0.5) is 0 Å². The highest BCUT2D eigenvalue weighted by atomic mass is 16.5. The van der Waals surface area contributed by atoms with Crippen LogP contribution >= 0.6 is 0 Å². The van der Waals surface area contributed by atoms with E-state index in [1.165, 1.54) is 0 Å². The first-order chi connectivity index (χ1) is 6.70. The maximum Gasteiger partial charge on any atom is 0.305 e. The summed E-state index contributed by atoms with van der Waals surface area (Å²) in [7, 11) is 0. The van der Waals surface area contributed by atoms with Crippen molar-refractivity contribution >= 4 is 5.97 Å². The maximum absolute atomic E-state index is 10.8. The van der Waals surface area contributed by atoms with E-state index < -0.39 is 0 Å². The van der Waals surface area contributed by atoms with Gasteiger partial charge in [0.2, 0.25) is 0 Å². The van der Waals surface area contributed by atoms with Crippen molar-refractivity contribution in [2.24, 2.45) is 11.5 Å². The first kappa shape index (κ1) is 13.4. The number of hydrogen-bond acceptors (Lipinski definition) is 4. The number of carbonyl (C=O) groups is 1. The number of ether oxygens (including phenoxy) is 1. The molecule has 0 aromatic carbocycles. The molecule has 0 fully saturated rings. The van der Waals surface area contributed by atoms with Crippen molar-refractivity contribution < 1.29 is 9.53 Å². The Morgan fingerprint density at radius 2 is 2.00 bits per heavy atom. The van der Waals surface area contributed by atoms with Gasteiger partial charge in [-0.15, -0.1) is 0 Å². The van der Waals surface area contributed by atoms with Crippen molar-refractivity contribution in [3.05, 3.63) is 0 Å². The fourth-order valence-corrected chi connectivity index (χ4v) is 1.16. The standard InChI is InChI=1S/C10H22N2O2/c1-2-10(13)14-8-4-6-9(12)5-3-7-11/h9H,2-8,11-12H2,1H3. The first-order valence-corrected chi connectivity index (χ1v) is 5.32. The lowest BCUT2D eigenvalue weighted by atomic mass is 10.1. The summed E-state index contributed by atoms with van der Waals surface area (Å²) < 4.78 is 4.93. The summed E-state index contributed by atoms with van der Waals surface area (Å²) >= 11 is 0. The molecular formula is C10H22N2O2. The van der Waals surface area contributed by atoms with Crippen molar-refractivity contribution in [2.45, 2.75) is 45.1 Å². The Labute approximate surface area is 86.0 Å². The van der Waals surface area contributed by atoms with Crippen LogP contribution in [0, 0.1) is 0 Å². The van der Waals surface area contributed by atoms with Gasteiger partial charge in [-0.3, -0.25) is 4.79 Å². The molecule has 0 heterocycles. The molecule has 0 aromatic rings. The number of esters is 1. The molecule has 1 unspecified atom stereocenters. The molecule has 0 saturated carbocycles. The van der Waals surface area contributed by atoms with Gasteiger partial charge in [0.1, 0.15) is 0 Å².